The minimum atomic E-state index is 0.746. The van der Waals surface area contributed by atoms with Crippen LogP contribution in [0.4, 0.5) is 0 Å². The van der Waals surface area contributed by atoms with E-state index in [1.54, 1.807) is 5.56 Å². The van der Waals surface area contributed by atoms with E-state index in [9.17, 15) is 0 Å². The van der Waals surface area contributed by atoms with E-state index in [1.807, 2.05) is 0 Å². The third-order valence-corrected chi connectivity index (χ3v) is 5.59. The van der Waals surface area contributed by atoms with E-state index < -0.39 is 0 Å². The van der Waals surface area contributed by atoms with Crippen LogP contribution in [0.3, 0.4) is 0 Å². The maximum absolute atomic E-state index is 2.53. The van der Waals surface area contributed by atoms with Gasteiger partial charge in [0.25, 0.3) is 0 Å². The molecule has 0 aliphatic heterocycles. The zero-order chi connectivity index (χ0) is 17.1. The van der Waals surface area contributed by atoms with Gasteiger partial charge in [-0.1, -0.05) is 109 Å². The number of benzene rings is 1. The molecule has 1 aromatic carbocycles. The smallest absolute Gasteiger partial charge is 0.0134 e. The summed E-state index contributed by atoms with van der Waals surface area (Å²) in [5.41, 5.74) is 2.96. The van der Waals surface area contributed by atoms with Crippen LogP contribution in [-0.2, 0) is 0 Å². The number of hydrogen-bond acceptors (Lipinski definition) is 0. The molecular weight excluding hydrogens is 276 g/mol. The molecule has 0 amide bonds. The summed E-state index contributed by atoms with van der Waals surface area (Å²) in [4.78, 5) is 0. The van der Waals surface area contributed by atoms with Gasteiger partial charge in [-0.25, -0.2) is 0 Å². The highest BCUT2D eigenvalue weighted by molar-refractivity contribution is 5.25. The van der Waals surface area contributed by atoms with E-state index in [1.165, 1.54) is 63.4 Å². The Morgan fingerprint density at radius 3 is 1.96 bits per heavy atom. The molecule has 1 aromatic rings. The van der Waals surface area contributed by atoms with Gasteiger partial charge in [-0.3, -0.25) is 0 Å². The summed E-state index contributed by atoms with van der Waals surface area (Å²) in [7, 11) is 0. The van der Waals surface area contributed by atoms with Gasteiger partial charge in [0.15, 0.2) is 0 Å². The standard InChI is InChI=1S/C23H40/c1-6-9-11-14-23(22-17-15-19(4)16-18-22)20(5)21(12-8-3)13-10-7-2/h15-18,20-21,23H,6-14H2,1-5H3. The molecule has 0 N–H and O–H groups in total. The molecule has 0 aliphatic rings. The summed E-state index contributed by atoms with van der Waals surface area (Å²) >= 11 is 0. The third kappa shape index (κ3) is 7.10. The monoisotopic (exact) mass is 316 g/mol. The van der Waals surface area contributed by atoms with Crippen LogP contribution in [0.5, 0.6) is 0 Å². The fraction of sp³-hybridized carbons (Fsp3) is 0.739. The molecular formula is C23H40. The molecule has 0 spiro atoms. The van der Waals surface area contributed by atoms with E-state index >= 15 is 0 Å². The average Bonchev–Trinajstić information content (AvgIpc) is 2.56. The topological polar surface area (TPSA) is 0 Å². The number of rotatable bonds is 12. The molecule has 132 valence electrons. The highest BCUT2D eigenvalue weighted by atomic mass is 14.3. The molecule has 0 aliphatic carbocycles. The lowest BCUT2D eigenvalue weighted by Crippen LogP contribution is -2.20. The normalized spacial score (nSPS) is 15.3. The van der Waals surface area contributed by atoms with Crippen molar-refractivity contribution in [3.63, 3.8) is 0 Å². The number of unbranched alkanes of at least 4 members (excludes halogenated alkanes) is 3. The molecule has 0 saturated carbocycles. The molecule has 0 heteroatoms. The molecule has 0 nitrogen and oxygen atoms in total. The first-order valence-electron chi connectivity index (χ1n) is 10.2. The van der Waals surface area contributed by atoms with Gasteiger partial charge in [-0.15, -0.1) is 0 Å². The van der Waals surface area contributed by atoms with Crippen LogP contribution in [-0.4, -0.2) is 0 Å². The Morgan fingerprint density at radius 2 is 1.39 bits per heavy atom. The Kier molecular flexibility index (Phi) is 10.3. The Labute approximate surface area is 146 Å². The molecule has 0 radical (unpaired) electrons. The van der Waals surface area contributed by atoms with Crippen molar-refractivity contribution >= 4 is 0 Å². The van der Waals surface area contributed by atoms with Crippen molar-refractivity contribution in [2.24, 2.45) is 11.8 Å². The zero-order valence-corrected chi connectivity index (χ0v) is 16.4. The molecule has 0 saturated heterocycles. The van der Waals surface area contributed by atoms with Gasteiger partial charge >= 0.3 is 0 Å². The van der Waals surface area contributed by atoms with Crippen LogP contribution >= 0.6 is 0 Å². The lowest BCUT2D eigenvalue weighted by atomic mass is 9.73. The molecule has 23 heavy (non-hydrogen) atoms. The first-order valence-corrected chi connectivity index (χ1v) is 10.2. The fourth-order valence-corrected chi connectivity index (χ4v) is 4.00. The van der Waals surface area contributed by atoms with E-state index in [0.717, 1.165) is 17.8 Å². The van der Waals surface area contributed by atoms with Crippen LogP contribution in [0.1, 0.15) is 103 Å². The first-order chi connectivity index (χ1) is 11.1. The quantitative estimate of drug-likeness (QED) is 0.344. The van der Waals surface area contributed by atoms with Gasteiger partial charge in [0.2, 0.25) is 0 Å². The maximum atomic E-state index is 2.53. The van der Waals surface area contributed by atoms with E-state index in [2.05, 4.69) is 58.9 Å². The van der Waals surface area contributed by atoms with E-state index in [0.29, 0.717) is 0 Å². The fourth-order valence-electron chi connectivity index (χ4n) is 4.00. The highest BCUT2D eigenvalue weighted by Crippen LogP contribution is 2.38. The van der Waals surface area contributed by atoms with E-state index in [-0.39, 0.29) is 0 Å². The number of aryl methyl sites for hydroxylation is 1. The molecule has 3 unspecified atom stereocenters. The maximum Gasteiger partial charge on any atom is -0.0134 e. The predicted octanol–water partition coefficient (Wildman–Crippen LogP) is 7.90. The highest BCUT2D eigenvalue weighted by Gasteiger charge is 2.25. The average molecular weight is 317 g/mol. The van der Waals surface area contributed by atoms with Gasteiger partial charge in [0.05, 0.1) is 0 Å². The molecule has 0 bridgehead atoms. The summed E-state index contributed by atoms with van der Waals surface area (Å²) in [5, 5.41) is 0. The second kappa shape index (κ2) is 11.7. The van der Waals surface area contributed by atoms with Crippen molar-refractivity contribution in [3.05, 3.63) is 35.4 Å². The van der Waals surface area contributed by atoms with Crippen molar-refractivity contribution in [2.75, 3.05) is 0 Å². The van der Waals surface area contributed by atoms with Crippen LogP contribution in [0.25, 0.3) is 0 Å². The minimum absolute atomic E-state index is 0.746. The second-order valence-electron chi connectivity index (χ2n) is 7.56. The van der Waals surface area contributed by atoms with Gasteiger partial charge < -0.3 is 0 Å². The minimum Gasteiger partial charge on any atom is -0.0654 e. The summed E-state index contributed by atoms with van der Waals surface area (Å²) in [5.74, 6) is 2.45. The molecule has 1 rings (SSSR count). The lowest BCUT2D eigenvalue weighted by Gasteiger charge is -2.32. The summed E-state index contributed by atoms with van der Waals surface area (Å²) < 4.78 is 0. The van der Waals surface area contributed by atoms with Crippen molar-refractivity contribution in [1.82, 2.24) is 0 Å². The number of hydrogen-bond donors (Lipinski definition) is 0. The Balaban J connectivity index is 2.88. The Bertz CT molecular complexity index is 389. The molecule has 3 atom stereocenters. The Morgan fingerprint density at radius 1 is 0.739 bits per heavy atom. The molecule has 0 aromatic heterocycles. The molecule has 0 heterocycles. The second-order valence-corrected chi connectivity index (χ2v) is 7.56. The first kappa shape index (κ1) is 20.3. The van der Waals surface area contributed by atoms with Crippen molar-refractivity contribution in [3.8, 4) is 0 Å². The largest absolute Gasteiger partial charge is 0.0654 e. The summed E-state index contributed by atoms with van der Waals surface area (Å²) in [6, 6.07) is 9.39. The van der Waals surface area contributed by atoms with Crippen molar-refractivity contribution < 1.29 is 0 Å². The lowest BCUT2D eigenvalue weighted by molar-refractivity contribution is 0.252. The van der Waals surface area contributed by atoms with Gasteiger partial charge in [0, 0.05) is 0 Å². The SMILES string of the molecule is CCCCCC(c1ccc(C)cc1)C(C)C(CCC)CCCC. The van der Waals surface area contributed by atoms with Gasteiger partial charge in [-0.2, -0.15) is 0 Å². The summed E-state index contributed by atoms with van der Waals surface area (Å²) in [6.45, 7) is 11.7. The third-order valence-electron chi connectivity index (χ3n) is 5.59. The van der Waals surface area contributed by atoms with Crippen LogP contribution < -0.4 is 0 Å². The van der Waals surface area contributed by atoms with Gasteiger partial charge in [0.1, 0.15) is 0 Å². The van der Waals surface area contributed by atoms with Crippen molar-refractivity contribution in [2.45, 2.75) is 98.3 Å². The van der Waals surface area contributed by atoms with E-state index in [4.69, 9.17) is 0 Å². The summed E-state index contributed by atoms with van der Waals surface area (Å²) in [6.07, 6.45) is 12.3. The van der Waals surface area contributed by atoms with Crippen LogP contribution in [0.15, 0.2) is 24.3 Å². The van der Waals surface area contributed by atoms with Crippen molar-refractivity contribution in [1.29, 1.82) is 0 Å². The van der Waals surface area contributed by atoms with Gasteiger partial charge in [-0.05, 0) is 36.7 Å². The predicted molar refractivity (Wildman–Crippen MR) is 105 cm³/mol. The zero-order valence-electron chi connectivity index (χ0n) is 16.4. The van der Waals surface area contributed by atoms with Crippen LogP contribution in [0.2, 0.25) is 0 Å². The van der Waals surface area contributed by atoms with Crippen LogP contribution in [0, 0.1) is 18.8 Å². The molecule has 0 fully saturated rings. The Hall–Kier alpha value is -0.780.